The molecule has 0 spiro atoms. The maximum Gasteiger partial charge on any atom is 0.276 e. The zero-order valence-corrected chi connectivity index (χ0v) is 14.4. The van der Waals surface area contributed by atoms with Crippen LogP contribution in [0.4, 0.5) is 0 Å². The molecule has 0 N–H and O–H groups in total. The van der Waals surface area contributed by atoms with Crippen molar-refractivity contribution in [2.24, 2.45) is 0 Å². The first kappa shape index (κ1) is 17.0. The van der Waals surface area contributed by atoms with Gasteiger partial charge in [0.2, 0.25) is 5.89 Å². The van der Waals surface area contributed by atoms with Crippen LogP contribution in [0.3, 0.4) is 0 Å². The van der Waals surface area contributed by atoms with Crippen LogP contribution in [0.15, 0.2) is 58.2 Å². The minimum Gasteiger partial charge on any atom is -0.493 e. The first-order valence-corrected chi connectivity index (χ1v) is 8.57. The largest absolute Gasteiger partial charge is 0.493 e. The van der Waals surface area contributed by atoms with Crippen LogP contribution in [-0.2, 0) is 0 Å². The molecule has 25 heavy (non-hydrogen) atoms. The molecule has 128 valence electrons. The number of ether oxygens (including phenoxy) is 2. The normalized spacial score (nSPS) is 10.4. The van der Waals surface area contributed by atoms with E-state index in [9.17, 15) is 4.79 Å². The van der Waals surface area contributed by atoms with E-state index >= 15 is 0 Å². The van der Waals surface area contributed by atoms with Gasteiger partial charge in [0.1, 0.15) is 0 Å². The minimum atomic E-state index is 0.370. The Morgan fingerprint density at radius 3 is 2.72 bits per heavy atom. The smallest absolute Gasteiger partial charge is 0.276 e. The van der Waals surface area contributed by atoms with Crippen molar-refractivity contribution in [3.8, 4) is 23.0 Å². The second-order valence-electron chi connectivity index (χ2n) is 4.93. The molecule has 0 aliphatic rings. The van der Waals surface area contributed by atoms with Gasteiger partial charge in [-0.2, -0.15) is 0 Å². The number of methoxy groups -OCH3 is 1. The van der Waals surface area contributed by atoms with E-state index < -0.39 is 0 Å². The van der Waals surface area contributed by atoms with Crippen LogP contribution in [-0.4, -0.2) is 36.0 Å². The predicted molar refractivity (Wildman–Crippen MR) is 94.3 cm³/mol. The third-order valence-corrected chi connectivity index (χ3v) is 4.12. The molecule has 2 aromatic carbocycles. The van der Waals surface area contributed by atoms with E-state index in [1.807, 2.05) is 30.3 Å². The van der Waals surface area contributed by atoms with E-state index in [0.29, 0.717) is 40.5 Å². The number of thioether (sulfide) groups is 1. The number of aldehydes is 1. The van der Waals surface area contributed by atoms with E-state index in [1.54, 1.807) is 18.2 Å². The highest BCUT2D eigenvalue weighted by Crippen LogP contribution is 2.30. The molecular weight excluding hydrogens is 340 g/mol. The third-order valence-electron chi connectivity index (χ3n) is 3.34. The summed E-state index contributed by atoms with van der Waals surface area (Å²) < 4.78 is 16.5. The second-order valence-corrected chi connectivity index (χ2v) is 5.98. The van der Waals surface area contributed by atoms with Gasteiger partial charge in [-0.15, -0.1) is 10.2 Å². The third kappa shape index (κ3) is 4.19. The van der Waals surface area contributed by atoms with Gasteiger partial charge in [-0.3, -0.25) is 4.79 Å². The molecule has 0 radical (unpaired) electrons. The van der Waals surface area contributed by atoms with Gasteiger partial charge in [0.05, 0.1) is 19.3 Å². The highest BCUT2D eigenvalue weighted by atomic mass is 32.2. The van der Waals surface area contributed by atoms with Crippen LogP contribution >= 0.6 is 11.8 Å². The fourth-order valence-corrected chi connectivity index (χ4v) is 2.76. The number of rotatable bonds is 8. The number of benzene rings is 2. The average Bonchev–Trinajstić information content (AvgIpc) is 3.14. The van der Waals surface area contributed by atoms with Crippen molar-refractivity contribution in [3.05, 3.63) is 54.1 Å². The fourth-order valence-electron chi connectivity index (χ4n) is 2.18. The Hall–Kier alpha value is -2.80. The molecule has 3 aromatic rings. The lowest BCUT2D eigenvalue weighted by Gasteiger charge is -2.11. The Morgan fingerprint density at radius 1 is 1.12 bits per heavy atom. The summed E-state index contributed by atoms with van der Waals surface area (Å²) in [4.78, 5) is 11.1. The first-order valence-electron chi connectivity index (χ1n) is 7.58. The predicted octanol–water partition coefficient (Wildman–Crippen LogP) is 3.73. The van der Waals surface area contributed by atoms with Crippen LogP contribution in [0.5, 0.6) is 11.5 Å². The van der Waals surface area contributed by atoms with Crippen molar-refractivity contribution in [2.75, 3.05) is 19.5 Å². The topological polar surface area (TPSA) is 74.5 Å². The van der Waals surface area contributed by atoms with Gasteiger partial charge in [0.15, 0.2) is 17.8 Å². The van der Waals surface area contributed by atoms with Crippen LogP contribution in [0.2, 0.25) is 0 Å². The van der Waals surface area contributed by atoms with Crippen molar-refractivity contribution in [3.63, 3.8) is 0 Å². The standard InChI is InChI=1S/C18H16N2O4S/c1-22-15-9-5-8-14(12-21)16(15)23-10-11-25-18-20-19-17(24-18)13-6-3-2-4-7-13/h2-9,12H,10-11H2,1H3. The van der Waals surface area contributed by atoms with Gasteiger partial charge in [0.25, 0.3) is 5.22 Å². The summed E-state index contributed by atoms with van der Waals surface area (Å²) in [5.41, 5.74) is 1.33. The molecule has 0 atom stereocenters. The summed E-state index contributed by atoms with van der Waals surface area (Å²) >= 11 is 1.39. The summed E-state index contributed by atoms with van der Waals surface area (Å²) in [5.74, 6) is 2.04. The molecule has 7 heteroatoms. The van der Waals surface area contributed by atoms with Crippen LogP contribution < -0.4 is 9.47 Å². The summed E-state index contributed by atoms with van der Waals surface area (Å²) in [6, 6.07) is 14.8. The van der Waals surface area contributed by atoms with Crippen molar-refractivity contribution in [1.29, 1.82) is 0 Å². The zero-order chi connectivity index (χ0) is 17.5. The Kier molecular flexibility index (Phi) is 5.69. The van der Waals surface area contributed by atoms with E-state index in [4.69, 9.17) is 13.9 Å². The molecule has 1 aromatic heterocycles. The molecule has 0 fully saturated rings. The van der Waals surface area contributed by atoms with E-state index in [-0.39, 0.29) is 0 Å². The summed E-state index contributed by atoms with van der Waals surface area (Å²) in [7, 11) is 1.54. The number of carbonyl (C=O) groups is 1. The highest BCUT2D eigenvalue weighted by Gasteiger charge is 2.11. The van der Waals surface area contributed by atoms with Gasteiger partial charge in [-0.25, -0.2) is 0 Å². The van der Waals surface area contributed by atoms with E-state index in [0.717, 1.165) is 11.8 Å². The molecule has 0 aliphatic carbocycles. The number of hydrogen-bond acceptors (Lipinski definition) is 7. The molecule has 0 unspecified atom stereocenters. The number of carbonyl (C=O) groups excluding carboxylic acids is 1. The molecule has 0 saturated carbocycles. The Bertz CT molecular complexity index is 836. The Labute approximate surface area is 149 Å². The monoisotopic (exact) mass is 356 g/mol. The van der Waals surface area contributed by atoms with E-state index in [1.165, 1.54) is 18.9 Å². The number of nitrogens with zero attached hydrogens (tertiary/aromatic N) is 2. The molecule has 0 aliphatic heterocycles. The van der Waals surface area contributed by atoms with Crippen LogP contribution in [0.25, 0.3) is 11.5 Å². The lowest BCUT2D eigenvalue weighted by atomic mass is 10.2. The van der Waals surface area contributed by atoms with Gasteiger partial charge in [-0.05, 0) is 24.3 Å². The fraction of sp³-hybridized carbons (Fsp3) is 0.167. The van der Waals surface area contributed by atoms with Crippen LogP contribution in [0, 0.1) is 0 Å². The second kappa shape index (κ2) is 8.34. The van der Waals surface area contributed by atoms with Crippen LogP contribution in [0.1, 0.15) is 10.4 Å². The Balaban J connectivity index is 1.56. The van der Waals surface area contributed by atoms with Crippen molar-refractivity contribution >= 4 is 18.0 Å². The minimum absolute atomic E-state index is 0.370. The quantitative estimate of drug-likeness (QED) is 0.346. The first-order chi connectivity index (χ1) is 12.3. The average molecular weight is 356 g/mol. The molecule has 0 saturated heterocycles. The maximum atomic E-state index is 11.1. The maximum absolute atomic E-state index is 11.1. The molecule has 0 amide bonds. The molecule has 6 nitrogen and oxygen atoms in total. The molecule has 3 rings (SSSR count). The lowest BCUT2D eigenvalue weighted by Crippen LogP contribution is -2.04. The lowest BCUT2D eigenvalue weighted by molar-refractivity contribution is 0.111. The zero-order valence-electron chi connectivity index (χ0n) is 13.5. The summed E-state index contributed by atoms with van der Waals surface area (Å²) in [6.07, 6.45) is 0.745. The highest BCUT2D eigenvalue weighted by molar-refractivity contribution is 7.99. The van der Waals surface area contributed by atoms with Gasteiger partial charge < -0.3 is 13.9 Å². The molecule has 0 bridgehead atoms. The summed E-state index contributed by atoms with van der Waals surface area (Å²) in [6.45, 7) is 0.370. The van der Waals surface area contributed by atoms with Crippen molar-refractivity contribution in [2.45, 2.75) is 5.22 Å². The number of aromatic nitrogens is 2. The number of hydrogen-bond donors (Lipinski definition) is 0. The van der Waals surface area contributed by atoms with Gasteiger partial charge in [0, 0.05) is 11.3 Å². The van der Waals surface area contributed by atoms with E-state index in [2.05, 4.69) is 10.2 Å². The molecule has 1 heterocycles. The summed E-state index contributed by atoms with van der Waals surface area (Å²) in [5, 5.41) is 8.52. The Morgan fingerprint density at radius 2 is 1.96 bits per heavy atom. The van der Waals surface area contributed by atoms with Crippen molar-refractivity contribution < 1.29 is 18.7 Å². The van der Waals surface area contributed by atoms with Gasteiger partial charge in [-0.1, -0.05) is 36.0 Å². The van der Waals surface area contributed by atoms with Gasteiger partial charge >= 0.3 is 0 Å². The molecular formula is C18H16N2O4S. The number of para-hydroxylation sites is 1. The SMILES string of the molecule is COc1cccc(C=O)c1OCCSc1nnc(-c2ccccc2)o1. The van der Waals surface area contributed by atoms with Crippen molar-refractivity contribution in [1.82, 2.24) is 10.2 Å².